The zero-order valence-corrected chi connectivity index (χ0v) is 16.8. The van der Waals surface area contributed by atoms with Crippen molar-refractivity contribution in [3.63, 3.8) is 0 Å². The first-order valence-corrected chi connectivity index (χ1v) is 9.48. The maximum Gasteiger partial charge on any atom is 0.263 e. The molecule has 0 radical (unpaired) electrons. The minimum absolute atomic E-state index is 0.0993. The highest BCUT2D eigenvalue weighted by Crippen LogP contribution is 2.43. The number of ether oxygens (including phenoxy) is 2. The summed E-state index contributed by atoms with van der Waals surface area (Å²) < 4.78 is 14.3. The standard InChI is InChI=1S/C23H19N3O4/c1-25-11-13(10-24-25)12-26-20-14-6-4-5-7-15(14)21(27)18(20)16-8-9-17(29-2)22(30-3)19(16)23(26)28/h4-11H,12H2,1-3H3. The summed E-state index contributed by atoms with van der Waals surface area (Å²) in [5.74, 6) is 0.669. The average Bonchev–Trinajstić information content (AvgIpc) is 3.31. The fourth-order valence-electron chi connectivity index (χ4n) is 4.27. The van der Waals surface area contributed by atoms with Crippen LogP contribution in [0.3, 0.4) is 0 Å². The Kier molecular flexibility index (Phi) is 3.99. The van der Waals surface area contributed by atoms with Crippen LogP contribution < -0.4 is 15.0 Å². The van der Waals surface area contributed by atoms with Crippen molar-refractivity contribution in [3.8, 4) is 22.8 Å². The number of ketones is 1. The molecular formula is C23H19N3O4. The van der Waals surface area contributed by atoms with E-state index in [2.05, 4.69) is 5.10 Å². The molecule has 1 aliphatic rings. The first-order chi connectivity index (χ1) is 14.5. The van der Waals surface area contributed by atoms with Crippen LogP contribution in [0.4, 0.5) is 0 Å². The van der Waals surface area contributed by atoms with E-state index in [1.54, 1.807) is 33.6 Å². The Morgan fingerprint density at radius 2 is 1.77 bits per heavy atom. The van der Waals surface area contributed by atoms with E-state index >= 15 is 0 Å². The third-order valence-electron chi connectivity index (χ3n) is 5.53. The lowest BCUT2D eigenvalue weighted by atomic mass is 10.0. The van der Waals surface area contributed by atoms with E-state index in [1.165, 1.54) is 14.2 Å². The number of aromatic nitrogens is 3. The maximum absolute atomic E-state index is 13.8. The van der Waals surface area contributed by atoms with Gasteiger partial charge < -0.3 is 14.0 Å². The van der Waals surface area contributed by atoms with Crippen LogP contribution in [0.2, 0.25) is 0 Å². The number of carbonyl (C=O) groups is 1. The van der Waals surface area contributed by atoms with Gasteiger partial charge in [0.1, 0.15) is 0 Å². The summed E-state index contributed by atoms with van der Waals surface area (Å²) in [7, 11) is 4.84. The molecule has 0 fully saturated rings. The molecule has 2 aromatic heterocycles. The minimum Gasteiger partial charge on any atom is -0.493 e. The Labute approximate surface area is 172 Å². The Morgan fingerprint density at radius 1 is 1.00 bits per heavy atom. The molecule has 0 aliphatic heterocycles. The Bertz CT molecular complexity index is 1400. The molecule has 2 aromatic carbocycles. The van der Waals surface area contributed by atoms with Gasteiger partial charge in [-0.3, -0.25) is 14.3 Å². The molecule has 0 bridgehead atoms. The first kappa shape index (κ1) is 18.2. The van der Waals surface area contributed by atoms with E-state index in [9.17, 15) is 9.59 Å². The Morgan fingerprint density at radius 3 is 2.43 bits per heavy atom. The first-order valence-electron chi connectivity index (χ1n) is 9.48. The number of aryl methyl sites for hydroxylation is 1. The number of carbonyl (C=O) groups excluding carboxylic acids is 1. The number of nitrogens with zero attached hydrogens (tertiary/aromatic N) is 3. The fraction of sp³-hybridized carbons (Fsp3) is 0.174. The lowest BCUT2D eigenvalue weighted by molar-refractivity contribution is 0.104. The van der Waals surface area contributed by atoms with Gasteiger partial charge in [0.05, 0.1) is 43.6 Å². The third kappa shape index (κ3) is 2.41. The van der Waals surface area contributed by atoms with Crippen LogP contribution in [0.1, 0.15) is 21.5 Å². The predicted molar refractivity (Wildman–Crippen MR) is 112 cm³/mol. The number of fused-ring (bicyclic) bond motifs is 5. The summed E-state index contributed by atoms with van der Waals surface area (Å²) in [6, 6.07) is 10.9. The van der Waals surface area contributed by atoms with Gasteiger partial charge >= 0.3 is 0 Å². The second-order valence-corrected chi connectivity index (χ2v) is 7.24. The summed E-state index contributed by atoms with van der Waals surface area (Å²) in [6.07, 6.45) is 3.57. The highest BCUT2D eigenvalue weighted by molar-refractivity contribution is 6.27. The van der Waals surface area contributed by atoms with Gasteiger partial charge in [0.15, 0.2) is 17.3 Å². The smallest absolute Gasteiger partial charge is 0.263 e. The van der Waals surface area contributed by atoms with E-state index in [-0.39, 0.29) is 17.9 Å². The van der Waals surface area contributed by atoms with Gasteiger partial charge in [0.2, 0.25) is 0 Å². The Balaban J connectivity index is 1.93. The van der Waals surface area contributed by atoms with E-state index in [0.717, 1.165) is 11.1 Å². The van der Waals surface area contributed by atoms with Crippen molar-refractivity contribution >= 4 is 16.6 Å². The number of methoxy groups -OCH3 is 2. The van der Waals surface area contributed by atoms with Gasteiger partial charge in [-0.05, 0) is 12.1 Å². The van der Waals surface area contributed by atoms with Crippen LogP contribution in [-0.4, -0.2) is 34.4 Å². The molecule has 0 saturated carbocycles. The summed E-state index contributed by atoms with van der Waals surface area (Å²) in [4.78, 5) is 27.1. The van der Waals surface area contributed by atoms with Crippen LogP contribution in [-0.2, 0) is 13.6 Å². The molecule has 150 valence electrons. The van der Waals surface area contributed by atoms with Crippen LogP contribution in [0.15, 0.2) is 53.6 Å². The number of hydrogen-bond acceptors (Lipinski definition) is 5. The van der Waals surface area contributed by atoms with Crippen LogP contribution in [0.5, 0.6) is 11.5 Å². The average molecular weight is 401 g/mol. The van der Waals surface area contributed by atoms with Crippen LogP contribution in [0.25, 0.3) is 22.0 Å². The molecule has 7 nitrogen and oxygen atoms in total. The van der Waals surface area contributed by atoms with Crippen molar-refractivity contribution in [2.75, 3.05) is 14.2 Å². The quantitative estimate of drug-likeness (QED) is 0.463. The molecule has 0 N–H and O–H groups in total. The van der Waals surface area contributed by atoms with Gasteiger partial charge in [-0.25, -0.2) is 0 Å². The van der Waals surface area contributed by atoms with Gasteiger partial charge in [-0.15, -0.1) is 0 Å². The van der Waals surface area contributed by atoms with Crippen molar-refractivity contribution in [2.45, 2.75) is 6.54 Å². The van der Waals surface area contributed by atoms with Gasteiger partial charge in [-0.1, -0.05) is 24.3 Å². The van der Waals surface area contributed by atoms with Crippen molar-refractivity contribution in [2.24, 2.45) is 7.05 Å². The van der Waals surface area contributed by atoms with E-state index in [4.69, 9.17) is 9.47 Å². The van der Waals surface area contributed by atoms with Crippen molar-refractivity contribution < 1.29 is 14.3 Å². The summed E-state index contributed by atoms with van der Waals surface area (Å²) in [6.45, 7) is 0.285. The van der Waals surface area contributed by atoms with Crippen LogP contribution in [0, 0.1) is 0 Å². The second kappa shape index (κ2) is 6.59. The highest BCUT2D eigenvalue weighted by Gasteiger charge is 2.33. The number of rotatable bonds is 4. The normalized spacial score (nSPS) is 12.2. The maximum atomic E-state index is 13.8. The van der Waals surface area contributed by atoms with Crippen molar-refractivity contribution in [1.29, 1.82) is 0 Å². The molecule has 0 saturated heterocycles. The molecule has 4 aromatic rings. The summed E-state index contributed by atoms with van der Waals surface area (Å²) in [5.41, 5.74) is 3.11. The molecule has 1 aliphatic carbocycles. The Hall–Kier alpha value is -3.87. The molecule has 0 atom stereocenters. The summed E-state index contributed by atoms with van der Waals surface area (Å²) in [5, 5.41) is 5.11. The molecule has 0 unspecified atom stereocenters. The highest BCUT2D eigenvalue weighted by atomic mass is 16.5. The molecule has 0 amide bonds. The molecule has 30 heavy (non-hydrogen) atoms. The minimum atomic E-state index is -0.243. The van der Waals surface area contributed by atoms with E-state index in [1.807, 2.05) is 31.4 Å². The monoisotopic (exact) mass is 401 g/mol. The lowest BCUT2D eigenvalue weighted by Crippen LogP contribution is -2.24. The van der Waals surface area contributed by atoms with Crippen molar-refractivity contribution in [3.05, 3.63) is 75.8 Å². The SMILES string of the molecule is COc1ccc2c3c(n(Cc4cnn(C)c4)c(=O)c2c1OC)-c1ccccc1C3=O. The molecule has 5 rings (SSSR count). The van der Waals surface area contributed by atoms with Crippen molar-refractivity contribution in [1.82, 2.24) is 14.3 Å². The summed E-state index contributed by atoms with van der Waals surface area (Å²) >= 11 is 0. The number of hydrogen-bond donors (Lipinski definition) is 0. The second-order valence-electron chi connectivity index (χ2n) is 7.24. The molecule has 0 spiro atoms. The third-order valence-corrected chi connectivity index (χ3v) is 5.53. The van der Waals surface area contributed by atoms with E-state index in [0.29, 0.717) is 39.1 Å². The largest absolute Gasteiger partial charge is 0.493 e. The van der Waals surface area contributed by atoms with Crippen LogP contribution >= 0.6 is 0 Å². The molecule has 7 heteroatoms. The van der Waals surface area contributed by atoms with E-state index < -0.39 is 0 Å². The fourth-order valence-corrected chi connectivity index (χ4v) is 4.27. The predicted octanol–water partition coefficient (Wildman–Crippen LogP) is 3.01. The topological polar surface area (TPSA) is 75.3 Å². The number of pyridine rings is 1. The molecular weight excluding hydrogens is 382 g/mol. The van der Waals surface area contributed by atoms with Gasteiger partial charge in [0, 0.05) is 35.3 Å². The van der Waals surface area contributed by atoms with Gasteiger partial charge in [-0.2, -0.15) is 5.10 Å². The zero-order chi connectivity index (χ0) is 21.0. The lowest BCUT2D eigenvalue weighted by Gasteiger charge is -2.17. The zero-order valence-electron chi connectivity index (χ0n) is 16.8. The molecule has 2 heterocycles. The van der Waals surface area contributed by atoms with Gasteiger partial charge in [0.25, 0.3) is 5.56 Å². The number of benzene rings is 2.